The summed E-state index contributed by atoms with van der Waals surface area (Å²) in [4.78, 5) is 21.3. The molecule has 0 aromatic heterocycles. The van der Waals surface area contributed by atoms with Gasteiger partial charge in [0.2, 0.25) is 0 Å². The van der Waals surface area contributed by atoms with Gasteiger partial charge in [-0.15, -0.1) is 0 Å². The number of benzene rings is 1. The highest BCUT2D eigenvalue weighted by Crippen LogP contribution is 2.12. The minimum Gasteiger partial charge on any atom is -0.469 e. The summed E-state index contributed by atoms with van der Waals surface area (Å²) in [5.74, 6) is -0.267. The molecule has 0 bridgehead atoms. The average molecular weight is 218 g/mol. The third-order valence-electron chi connectivity index (χ3n) is 2.15. The Labute approximate surface area is 94.7 Å². The van der Waals surface area contributed by atoms with E-state index in [9.17, 15) is 9.59 Å². The molecule has 0 atom stereocenters. The molecular weight excluding hydrogens is 204 g/mol. The van der Waals surface area contributed by atoms with Crippen molar-refractivity contribution in [3.63, 3.8) is 0 Å². The van der Waals surface area contributed by atoms with Gasteiger partial charge in [0.25, 0.3) is 0 Å². The van der Waals surface area contributed by atoms with Gasteiger partial charge in [0.1, 0.15) is 6.29 Å². The van der Waals surface area contributed by atoms with E-state index in [1.165, 1.54) is 7.11 Å². The summed E-state index contributed by atoms with van der Waals surface area (Å²) in [6.07, 6.45) is 5.07. The Kier molecular flexibility index (Phi) is 4.99. The number of ether oxygens (including phenoxy) is 1. The first-order chi connectivity index (χ1) is 7.77. The first kappa shape index (κ1) is 12.2. The van der Waals surface area contributed by atoms with Gasteiger partial charge in [0.15, 0.2) is 0 Å². The number of rotatable bonds is 5. The molecule has 0 amide bonds. The Morgan fingerprint density at radius 2 is 2.12 bits per heavy atom. The molecule has 84 valence electrons. The second kappa shape index (κ2) is 6.56. The Hall–Kier alpha value is -1.90. The molecule has 0 N–H and O–H groups in total. The highest BCUT2D eigenvalue weighted by Gasteiger charge is 2.05. The van der Waals surface area contributed by atoms with Gasteiger partial charge in [-0.25, -0.2) is 0 Å². The first-order valence-electron chi connectivity index (χ1n) is 5.03. The van der Waals surface area contributed by atoms with Gasteiger partial charge in [0, 0.05) is 6.42 Å². The van der Waals surface area contributed by atoms with Crippen LogP contribution in [0.4, 0.5) is 0 Å². The zero-order valence-corrected chi connectivity index (χ0v) is 9.18. The van der Waals surface area contributed by atoms with Crippen molar-refractivity contribution in [1.82, 2.24) is 0 Å². The van der Waals surface area contributed by atoms with Gasteiger partial charge >= 0.3 is 5.97 Å². The molecule has 16 heavy (non-hydrogen) atoms. The number of aldehydes is 1. The summed E-state index contributed by atoms with van der Waals surface area (Å²) in [6, 6.07) is 7.54. The SMILES string of the molecule is COC(=O)Cc1ccccc1C=CCC=O. The van der Waals surface area contributed by atoms with Gasteiger partial charge in [-0.05, 0) is 11.1 Å². The number of esters is 1. The molecule has 0 fully saturated rings. The molecule has 0 heterocycles. The molecule has 0 spiro atoms. The highest BCUT2D eigenvalue weighted by atomic mass is 16.5. The van der Waals surface area contributed by atoms with Crippen LogP contribution in [-0.2, 0) is 20.7 Å². The largest absolute Gasteiger partial charge is 0.469 e. The van der Waals surface area contributed by atoms with Crippen molar-refractivity contribution in [1.29, 1.82) is 0 Å². The summed E-state index contributed by atoms with van der Waals surface area (Å²) in [7, 11) is 1.37. The zero-order chi connectivity index (χ0) is 11.8. The van der Waals surface area contributed by atoms with Crippen LogP contribution < -0.4 is 0 Å². The predicted molar refractivity (Wildman–Crippen MR) is 61.9 cm³/mol. The van der Waals surface area contributed by atoms with Crippen molar-refractivity contribution in [2.24, 2.45) is 0 Å². The second-order valence-electron chi connectivity index (χ2n) is 3.26. The lowest BCUT2D eigenvalue weighted by molar-refractivity contribution is -0.139. The van der Waals surface area contributed by atoms with Crippen LogP contribution in [0.1, 0.15) is 17.5 Å². The normalized spacial score (nSPS) is 10.3. The number of methoxy groups -OCH3 is 1. The van der Waals surface area contributed by atoms with E-state index in [4.69, 9.17) is 0 Å². The molecular formula is C13H14O3. The number of hydrogen-bond acceptors (Lipinski definition) is 3. The van der Waals surface area contributed by atoms with E-state index in [0.29, 0.717) is 6.42 Å². The van der Waals surface area contributed by atoms with Crippen LogP contribution in [0.15, 0.2) is 30.3 Å². The Morgan fingerprint density at radius 3 is 2.81 bits per heavy atom. The fraction of sp³-hybridized carbons (Fsp3) is 0.231. The van der Waals surface area contributed by atoms with Gasteiger partial charge in [-0.1, -0.05) is 36.4 Å². The Bertz CT molecular complexity index is 394. The maximum atomic E-state index is 11.2. The van der Waals surface area contributed by atoms with Crippen molar-refractivity contribution >= 4 is 18.3 Å². The van der Waals surface area contributed by atoms with Gasteiger partial charge in [-0.3, -0.25) is 4.79 Å². The summed E-state index contributed by atoms with van der Waals surface area (Å²) in [5.41, 5.74) is 1.84. The molecule has 1 aromatic carbocycles. The van der Waals surface area contributed by atoms with Crippen molar-refractivity contribution < 1.29 is 14.3 Å². The summed E-state index contributed by atoms with van der Waals surface area (Å²) < 4.78 is 4.62. The van der Waals surface area contributed by atoms with Gasteiger partial charge in [0.05, 0.1) is 13.5 Å². The number of hydrogen-bond donors (Lipinski definition) is 0. The summed E-state index contributed by atoms with van der Waals surface area (Å²) in [5, 5.41) is 0. The van der Waals surface area contributed by atoms with Gasteiger partial charge < -0.3 is 9.53 Å². The van der Waals surface area contributed by atoms with Crippen LogP contribution in [0.2, 0.25) is 0 Å². The van der Waals surface area contributed by atoms with Crippen molar-refractivity contribution in [2.75, 3.05) is 7.11 Å². The average Bonchev–Trinajstić information content (AvgIpc) is 2.31. The van der Waals surface area contributed by atoms with E-state index in [0.717, 1.165) is 17.4 Å². The first-order valence-corrected chi connectivity index (χ1v) is 5.03. The molecule has 0 radical (unpaired) electrons. The molecule has 0 aliphatic carbocycles. The maximum absolute atomic E-state index is 11.2. The van der Waals surface area contributed by atoms with Crippen LogP contribution in [-0.4, -0.2) is 19.4 Å². The molecule has 0 saturated heterocycles. The summed E-state index contributed by atoms with van der Waals surface area (Å²) >= 11 is 0. The fourth-order valence-corrected chi connectivity index (χ4v) is 1.34. The second-order valence-corrected chi connectivity index (χ2v) is 3.26. The zero-order valence-electron chi connectivity index (χ0n) is 9.18. The fourth-order valence-electron chi connectivity index (χ4n) is 1.34. The lowest BCUT2D eigenvalue weighted by Gasteiger charge is -2.04. The molecule has 0 saturated carbocycles. The van der Waals surface area contributed by atoms with Crippen LogP contribution in [0.5, 0.6) is 0 Å². The van der Waals surface area contributed by atoms with E-state index in [-0.39, 0.29) is 12.4 Å². The van der Waals surface area contributed by atoms with Crippen LogP contribution in [0.25, 0.3) is 6.08 Å². The molecule has 1 aromatic rings. The lowest BCUT2D eigenvalue weighted by Crippen LogP contribution is -2.05. The predicted octanol–water partition coefficient (Wildman–Crippen LogP) is 2.00. The van der Waals surface area contributed by atoms with E-state index >= 15 is 0 Å². The van der Waals surface area contributed by atoms with E-state index in [2.05, 4.69) is 4.74 Å². The summed E-state index contributed by atoms with van der Waals surface area (Å²) in [6.45, 7) is 0. The van der Waals surface area contributed by atoms with E-state index < -0.39 is 0 Å². The van der Waals surface area contributed by atoms with Crippen molar-refractivity contribution in [2.45, 2.75) is 12.8 Å². The number of carbonyl (C=O) groups is 2. The topological polar surface area (TPSA) is 43.4 Å². The molecule has 3 heteroatoms. The van der Waals surface area contributed by atoms with Crippen molar-refractivity contribution in [3.8, 4) is 0 Å². The highest BCUT2D eigenvalue weighted by molar-refractivity contribution is 5.74. The van der Waals surface area contributed by atoms with Crippen LogP contribution in [0, 0.1) is 0 Å². The van der Waals surface area contributed by atoms with E-state index in [1.807, 2.05) is 30.3 Å². The van der Waals surface area contributed by atoms with Crippen LogP contribution >= 0.6 is 0 Å². The smallest absolute Gasteiger partial charge is 0.309 e. The monoisotopic (exact) mass is 218 g/mol. The quantitative estimate of drug-likeness (QED) is 0.561. The Morgan fingerprint density at radius 1 is 1.38 bits per heavy atom. The maximum Gasteiger partial charge on any atom is 0.309 e. The van der Waals surface area contributed by atoms with Crippen LogP contribution in [0.3, 0.4) is 0 Å². The minimum atomic E-state index is -0.267. The third kappa shape index (κ3) is 3.69. The number of carbonyl (C=O) groups excluding carboxylic acids is 2. The number of allylic oxidation sites excluding steroid dienone is 1. The van der Waals surface area contributed by atoms with E-state index in [1.54, 1.807) is 6.08 Å². The molecule has 0 unspecified atom stereocenters. The standard InChI is InChI=1S/C13H14O3/c1-16-13(15)10-12-8-3-2-6-11(12)7-4-5-9-14/h2-4,6-9H,5,10H2,1H3. The lowest BCUT2D eigenvalue weighted by atomic mass is 10.0. The molecule has 1 rings (SSSR count). The van der Waals surface area contributed by atoms with Gasteiger partial charge in [-0.2, -0.15) is 0 Å². The molecule has 0 aliphatic rings. The molecule has 0 aliphatic heterocycles. The molecule has 3 nitrogen and oxygen atoms in total. The minimum absolute atomic E-state index is 0.248. The third-order valence-corrected chi connectivity index (χ3v) is 2.15. The van der Waals surface area contributed by atoms with Crippen molar-refractivity contribution in [3.05, 3.63) is 41.5 Å². The Balaban J connectivity index is 2.82.